The number of methoxy groups -OCH3 is 2. The van der Waals surface area contributed by atoms with Gasteiger partial charge in [0.2, 0.25) is 11.6 Å². The molecule has 1 aliphatic rings. The number of azide groups is 2. The van der Waals surface area contributed by atoms with Gasteiger partial charge in [0, 0.05) is 24.0 Å². The Morgan fingerprint density at radius 3 is 1.55 bits per heavy atom. The highest BCUT2D eigenvalue weighted by molar-refractivity contribution is 4.92. The molecule has 0 N–H and O–H groups in total. The summed E-state index contributed by atoms with van der Waals surface area (Å²) in [5.74, 6) is -2.38. The number of hydrogen-bond donors (Lipinski definition) is 0. The Balaban J connectivity index is 3.03. The van der Waals surface area contributed by atoms with Crippen LogP contribution in [-0.2, 0) is 18.9 Å². The summed E-state index contributed by atoms with van der Waals surface area (Å²) in [4.78, 5) is 5.38. The predicted molar refractivity (Wildman–Crippen MR) is 68.6 cm³/mol. The fourth-order valence-electron chi connectivity index (χ4n) is 1.95. The quantitative estimate of drug-likeness (QED) is 0.419. The summed E-state index contributed by atoms with van der Waals surface area (Å²) < 4.78 is 22.3. The zero-order valence-electron chi connectivity index (χ0n) is 11.9. The van der Waals surface area contributed by atoms with E-state index in [1.54, 1.807) is 13.8 Å². The molecule has 112 valence electrons. The molecule has 4 atom stereocenters. The molecule has 0 bridgehead atoms. The summed E-state index contributed by atoms with van der Waals surface area (Å²) >= 11 is 0. The van der Waals surface area contributed by atoms with Crippen molar-refractivity contribution in [3.63, 3.8) is 0 Å². The number of ether oxygens (including phenoxy) is 4. The second kappa shape index (κ2) is 6.76. The molecule has 1 rings (SSSR count). The maximum atomic E-state index is 8.42. The van der Waals surface area contributed by atoms with Crippen LogP contribution in [0.1, 0.15) is 13.8 Å². The Morgan fingerprint density at radius 2 is 1.30 bits per heavy atom. The van der Waals surface area contributed by atoms with Crippen molar-refractivity contribution in [3.05, 3.63) is 20.9 Å². The average molecular weight is 286 g/mol. The van der Waals surface area contributed by atoms with Gasteiger partial charge in [-0.05, 0) is 24.9 Å². The van der Waals surface area contributed by atoms with Gasteiger partial charge in [-0.3, -0.25) is 0 Å². The van der Waals surface area contributed by atoms with Gasteiger partial charge in [-0.15, -0.1) is 0 Å². The van der Waals surface area contributed by atoms with Crippen LogP contribution in [0.4, 0.5) is 0 Å². The molecule has 1 aliphatic heterocycles. The van der Waals surface area contributed by atoms with E-state index in [-0.39, 0.29) is 13.1 Å². The topological polar surface area (TPSA) is 134 Å². The fraction of sp³-hybridized carbons (Fsp3) is 1.00. The maximum absolute atomic E-state index is 8.42. The second-order valence-electron chi connectivity index (χ2n) is 4.44. The van der Waals surface area contributed by atoms with E-state index in [1.165, 1.54) is 14.2 Å². The van der Waals surface area contributed by atoms with Crippen LogP contribution in [0.5, 0.6) is 0 Å². The third-order valence-corrected chi connectivity index (χ3v) is 3.42. The Labute approximate surface area is 116 Å². The van der Waals surface area contributed by atoms with Crippen molar-refractivity contribution in [3.8, 4) is 0 Å². The van der Waals surface area contributed by atoms with Gasteiger partial charge in [0.25, 0.3) is 0 Å². The largest absolute Gasteiger partial charge is 0.349 e. The Kier molecular flexibility index (Phi) is 5.58. The van der Waals surface area contributed by atoms with E-state index < -0.39 is 23.8 Å². The summed E-state index contributed by atoms with van der Waals surface area (Å²) in [6.07, 6.45) is -1.21. The van der Waals surface area contributed by atoms with Crippen molar-refractivity contribution < 1.29 is 18.9 Å². The minimum absolute atomic E-state index is 0.0286. The van der Waals surface area contributed by atoms with Crippen LogP contribution in [-0.4, -0.2) is 51.1 Å². The van der Waals surface area contributed by atoms with E-state index in [4.69, 9.17) is 30.0 Å². The van der Waals surface area contributed by atoms with Gasteiger partial charge >= 0.3 is 0 Å². The zero-order chi connectivity index (χ0) is 15.2. The first kappa shape index (κ1) is 16.5. The molecule has 0 aromatic heterocycles. The van der Waals surface area contributed by atoms with E-state index in [9.17, 15) is 0 Å². The highest BCUT2D eigenvalue weighted by Crippen LogP contribution is 2.39. The Bertz CT molecular complexity index is 395. The molecule has 10 heteroatoms. The summed E-state index contributed by atoms with van der Waals surface area (Å²) in [6, 6.07) is 0. The van der Waals surface area contributed by atoms with Crippen LogP contribution in [0.2, 0.25) is 0 Å². The molecule has 0 aromatic rings. The first-order valence-electron chi connectivity index (χ1n) is 5.94. The lowest BCUT2D eigenvalue weighted by Crippen LogP contribution is -2.66. The highest BCUT2D eigenvalue weighted by atomic mass is 16.8. The molecule has 20 heavy (non-hydrogen) atoms. The lowest BCUT2D eigenvalue weighted by molar-refractivity contribution is -0.445. The van der Waals surface area contributed by atoms with Crippen molar-refractivity contribution in [2.24, 2.45) is 10.2 Å². The molecule has 1 heterocycles. The van der Waals surface area contributed by atoms with E-state index >= 15 is 0 Å². The molecule has 0 amide bonds. The van der Waals surface area contributed by atoms with Crippen LogP contribution in [0.25, 0.3) is 20.9 Å². The van der Waals surface area contributed by atoms with Gasteiger partial charge in [-0.2, -0.15) is 0 Å². The standard InChI is InChI=1S/C10H18N6O4/c1-9(17-3)10(2,18-4)20-8(6-14-16-12)7(19-9)5-13-15-11/h7-8H,5-6H2,1-4H3/t7-,8-,9+,10+/m1/s1. The third kappa shape index (κ3) is 3.13. The monoisotopic (exact) mass is 286 g/mol. The predicted octanol–water partition coefficient (Wildman–Crippen LogP) is 2.12. The van der Waals surface area contributed by atoms with E-state index in [1.807, 2.05) is 0 Å². The van der Waals surface area contributed by atoms with Crippen molar-refractivity contribution in [1.29, 1.82) is 0 Å². The zero-order valence-corrected chi connectivity index (χ0v) is 11.9. The highest BCUT2D eigenvalue weighted by Gasteiger charge is 2.56. The summed E-state index contributed by atoms with van der Waals surface area (Å²) in [5, 5.41) is 6.94. The molecule has 10 nitrogen and oxygen atoms in total. The molecular formula is C10H18N6O4. The van der Waals surface area contributed by atoms with Crippen molar-refractivity contribution in [2.45, 2.75) is 37.6 Å². The smallest absolute Gasteiger partial charge is 0.220 e. The summed E-state index contributed by atoms with van der Waals surface area (Å²) in [6.45, 7) is 3.37. The lowest BCUT2D eigenvalue weighted by atomic mass is 10.0. The number of hydrogen-bond acceptors (Lipinski definition) is 6. The van der Waals surface area contributed by atoms with Crippen LogP contribution in [0.15, 0.2) is 10.2 Å². The van der Waals surface area contributed by atoms with Gasteiger partial charge < -0.3 is 18.9 Å². The first-order chi connectivity index (χ1) is 9.46. The molecule has 0 saturated carbocycles. The molecule has 0 aliphatic carbocycles. The maximum Gasteiger partial charge on any atom is 0.220 e. The normalized spacial score (nSPS) is 36.8. The van der Waals surface area contributed by atoms with Gasteiger partial charge in [-0.25, -0.2) is 0 Å². The van der Waals surface area contributed by atoms with Crippen molar-refractivity contribution in [1.82, 2.24) is 0 Å². The molecule has 0 aromatic carbocycles. The molecule has 1 saturated heterocycles. The number of nitrogens with zero attached hydrogens (tertiary/aromatic N) is 6. The van der Waals surface area contributed by atoms with Crippen LogP contribution >= 0.6 is 0 Å². The molecular weight excluding hydrogens is 268 g/mol. The van der Waals surface area contributed by atoms with Crippen LogP contribution in [0.3, 0.4) is 0 Å². The summed E-state index contributed by atoms with van der Waals surface area (Å²) in [5.41, 5.74) is 16.8. The van der Waals surface area contributed by atoms with Crippen molar-refractivity contribution in [2.75, 3.05) is 27.3 Å². The second-order valence-corrected chi connectivity index (χ2v) is 4.44. The first-order valence-corrected chi connectivity index (χ1v) is 5.94. The Morgan fingerprint density at radius 1 is 0.950 bits per heavy atom. The van der Waals surface area contributed by atoms with Crippen LogP contribution in [0, 0.1) is 0 Å². The minimum atomic E-state index is -1.19. The van der Waals surface area contributed by atoms with Gasteiger partial charge in [-0.1, -0.05) is 10.2 Å². The SMILES string of the molecule is CO[C@@]1(C)O[C@H](CN=[N+]=[N-])[C@@H](CN=[N+]=[N-])O[C@]1(C)OC. The van der Waals surface area contributed by atoms with E-state index in [2.05, 4.69) is 20.1 Å². The van der Waals surface area contributed by atoms with Gasteiger partial charge in [0.1, 0.15) is 0 Å². The molecule has 0 spiro atoms. The Hall–Kier alpha value is -1.54. The number of rotatable bonds is 6. The molecule has 0 unspecified atom stereocenters. The third-order valence-electron chi connectivity index (χ3n) is 3.42. The average Bonchev–Trinajstić information content (AvgIpc) is 2.46. The molecule has 0 radical (unpaired) electrons. The van der Waals surface area contributed by atoms with Crippen molar-refractivity contribution >= 4 is 0 Å². The fourth-order valence-corrected chi connectivity index (χ4v) is 1.95. The lowest BCUT2D eigenvalue weighted by Gasteiger charge is -2.51. The van der Waals surface area contributed by atoms with E-state index in [0.29, 0.717) is 0 Å². The van der Waals surface area contributed by atoms with Gasteiger partial charge in [0.05, 0.1) is 25.3 Å². The van der Waals surface area contributed by atoms with Gasteiger partial charge in [0.15, 0.2) is 0 Å². The summed E-state index contributed by atoms with van der Waals surface area (Å²) in [7, 11) is 2.91. The van der Waals surface area contributed by atoms with E-state index in [0.717, 1.165) is 0 Å². The molecule has 1 fully saturated rings. The van der Waals surface area contributed by atoms with Crippen LogP contribution < -0.4 is 0 Å². The minimum Gasteiger partial charge on any atom is -0.349 e.